The van der Waals surface area contributed by atoms with Gasteiger partial charge >= 0.3 is 0 Å². The van der Waals surface area contributed by atoms with Gasteiger partial charge in [0, 0.05) is 5.69 Å². The maximum Gasteiger partial charge on any atom is 0.235 e. The van der Waals surface area contributed by atoms with E-state index in [9.17, 15) is 4.79 Å². The number of ether oxygens (including phenoxy) is 1. The maximum atomic E-state index is 13.5. The normalized spacial score (nSPS) is 15.4. The number of nitrogens with one attached hydrogen (secondary N) is 1. The molecule has 0 bridgehead atoms. The Morgan fingerprint density at radius 1 is 0.900 bits per heavy atom. The summed E-state index contributed by atoms with van der Waals surface area (Å²) in [4.78, 5) is 13.5. The summed E-state index contributed by atoms with van der Waals surface area (Å²) in [7, 11) is 0. The summed E-state index contributed by atoms with van der Waals surface area (Å²) in [6, 6.07) is 26.2. The van der Waals surface area contributed by atoms with E-state index in [2.05, 4.69) is 36.5 Å². The average molecular weight is 400 g/mol. The SMILES string of the molecule is Cc1cccc(C2(C(=O)Nc3ccc(OCc4ccccc4)cc3)CCCCC2)c1. The van der Waals surface area contributed by atoms with E-state index in [1.165, 1.54) is 12.0 Å². The van der Waals surface area contributed by atoms with Crippen molar-refractivity contribution in [2.45, 2.75) is 51.0 Å². The number of rotatable bonds is 6. The maximum absolute atomic E-state index is 13.5. The first-order valence-electron chi connectivity index (χ1n) is 10.8. The van der Waals surface area contributed by atoms with Crippen molar-refractivity contribution in [2.75, 3.05) is 5.32 Å². The van der Waals surface area contributed by atoms with Crippen LogP contribution in [0.15, 0.2) is 78.9 Å². The number of anilines is 1. The third-order valence-electron chi connectivity index (χ3n) is 6.07. The van der Waals surface area contributed by atoms with E-state index in [4.69, 9.17) is 4.74 Å². The molecule has 154 valence electrons. The van der Waals surface area contributed by atoms with Gasteiger partial charge in [-0.05, 0) is 55.2 Å². The van der Waals surface area contributed by atoms with E-state index in [1.807, 2.05) is 54.6 Å². The van der Waals surface area contributed by atoms with E-state index in [0.717, 1.165) is 48.2 Å². The second-order valence-electron chi connectivity index (χ2n) is 8.27. The Morgan fingerprint density at radius 2 is 1.63 bits per heavy atom. The summed E-state index contributed by atoms with van der Waals surface area (Å²) in [5.74, 6) is 0.897. The molecular formula is C27H29NO2. The van der Waals surface area contributed by atoms with Crippen molar-refractivity contribution in [3.63, 3.8) is 0 Å². The molecule has 3 aromatic carbocycles. The van der Waals surface area contributed by atoms with Crippen LogP contribution in [0.2, 0.25) is 0 Å². The van der Waals surface area contributed by atoms with Crippen molar-refractivity contribution < 1.29 is 9.53 Å². The highest BCUT2D eigenvalue weighted by molar-refractivity contribution is 5.99. The van der Waals surface area contributed by atoms with Gasteiger partial charge in [0.25, 0.3) is 0 Å². The number of hydrogen-bond acceptors (Lipinski definition) is 2. The molecule has 1 aliphatic rings. The molecule has 0 radical (unpaired) electrons. The molecule has 3 aromatic rings. The molecule has 4 rings (SSSR count). The topological polar surface area (TPSA) is 38.3 Å². The molecule has 1 amide bonds. The molecule has 0 atom stereocenters. The van der Waals surface area contributed by atoms with E-state index in [1.54, 1.807) is 0 Å². The van der Waals surface area contributed by atoms with E-state index >= 15 is 0 Å². The quantitative estimate of drug-likeness (QED) is 0.520. The van der Waals surface area contributed by atoms with Crippen LogP contribution in [0.4, 0.5) is 5.69 Å². The molecule has 30 heavy (non-hydrogen) atoms. The van der Waals surface area contributed by atoms with Crippen molar-refractivity contribution >= 4 is 11.6 Å². The molecule has 0 unspecified atom stereocenters. The Balaban J connectivity index is 1.46. The monoisotopic (exact) mass is 399 g/mol. The van der Waals surface area contributed by atoms with Crippen molar-refractivity contribution in [1.29, 1.82) is 0 Å². The van der Waals surface area contributed by atoms with Gasteiger partial charge in [-0.1, -0.05) is 79.4 Å². The van der Waals surface area contributed by atoms with Crippen LogP contribution in [0, 0.1) is 6.92 Å². The molecule has 0 aromatic heterocycles. The zero-order valence-electron chi connectivity index (χ0n) is 17.6. The van der Waals surface area contributed by atoms with Crippen LogP contribution in [-0.2, 0) is 16.8 Å². The molecule has 0 spiro atoms. The Bertz CT molecular complexity index is 973. The first kappa shape index (κ1) is 20.2. The van der Waals surface area contributed by atoms with Gasteiger partial charge in [-0.3, -0.25) is 4.79 Å². The second kappa shape index (κ2) is 9.17. The average Bonchev–Trinajstić information content (AvgIpc) is 2.80. The summed E-state index contributed by atoms with van der Waals surface area (Å²) in [6.07, 6.45) is 5.19. The van der Waals surface area contributed by atoms with Crippen LogP contribution in [-0.4, -0.2) is 5.91 Å². The summed E-state index contributed by atoms with van der Waals surface area (Å²) in [5.41, 5.74) is 3.84. The predicted molar refractivity (Wildman–Crippen MR) is 122 cm³/mol. The lowest BCUT2D eigenvalue weighted by molar-refractivity contribution is -0.122. The van der Waals surface area contributed by atoms with Gasteiger partial charge in [0.1, 0.15) is 12.4 Å². The van der Waals surface area contributed by atoms with Gasteiger partial charge in [0.15, 0.2) is 0 Å². The molecule has 0 saturated heterocycles. The third kappa shape index (κ3) is 4.56. The number of carbonyl (C=O) groups excluding carboxylic acids is 1. The lowest BCUT2D eigenvalue weighted by Crippen LogP contribution is -2.42. The number of aryl methyl sites for hydroxylation is 1. The van der Waals surface area contributed by atoms with Crippen molar-refractivity contribution in [3.05, 3.63) is 95.6 Å². The Labute approximate surface area is 179 Å². The Kier molecular flexibility index (Phi) is 6.18. The Morgan fingerprint density at radius 3 is 2.33 bits per heavy atom. The van der Waals surface area contributed by atoms with Gasteiger partial charge in [0.2, 0.25) is 5.91 Å². The van der Waals surface area contributed by atoms with Gasteiger partial charge in [-0.15, -0.1) is 0 Å². The highest BCUT2D eigenvalue weighted by atomic mass is 16.5. The number of benzene rings is 3. The molecule has 3 heteroatoms. The first-order chi connectivity index (χ1) is 14.7. The van der Waals surface area contributed by atoms with Crippen LogP contribution < -0.4 is 10.1 Å². The van der Waals surface area contributed by atoms with Crippen LogP contribution >= 0.6 is 0 Å². The van der Waals surface area contributed by atoms with Gasteiger partial charge in [-0.2, -0.15) is 0 Å². The summed E-state index contributed by atoms with van der Waals surface area (Å²) in [5, 5.41) is 3.18. The molecule has 1 aliphatic carbocycles. The van der Waals surface area contributed by atoms with Gasteiger partial charge < -0.3 is 10.1 Å². The summed E-state index contributed by atoms with van der Waals surface area (Å²) >= 11 is 0. The van der Waals surface area contributed by atoms with Crippen LogP contribution in [0.25, 0.3) is 0 Å². The van der Waals surface area contributed by atoms with Crippen LogP contribution in [0.3, 0.4) is 0 Å². The second-order valence-corrected chi connectivity index (χ2v) is 8.27. The Hall–Kier alpha value is -3.07. The number of carbonyl (C=O) groups is 1. The lowest BCUT2D eigenvalue weighted by atomic mass is 9.68. The number of hydrogen-bond donors (Lipinski definition) is 1. The minimum Gasteiger partial charge on any atom is -0.489 e. The van der Waals surface area contributed by atoms with E-state index in [-0.39, 0.29) is 5.91 Å². The minimum atomic E-state index is -0.438. The standard InChI is InChI=1S/C27H29NO2/c1-21-9-8-12-23(19-21)27(17-6-3-7-18-27)26(29)28-24-13-15-25(16-14-24)30-20-22-10-4-2-5-11-22/h2,4-5,8-16,19H,3,6-7,17-18,20H2,1H3,(H,28,29). The fourth-order valence-corrected chi connectivity index (χ4v) is 4.37. The van der Waals surface area contributed by atoms with Crippen molar-refractivity contribution in [1.82, 2.24) is 0 Å². The fraction of sp³-hybridized carbons (Fsp3) is 0.296. The zero-order chi connectivity index (χ0) is 20.8. The lowest BCUT2D eigenvalue weighted by Gasteiger charge is -2.36. The predicted octanol–water partition coefficient (Wildman–Crippen LogP) is 6.41. The highest BCUT2D eigenvalue weighted by Crippen LogP contribution is 2.40. The third-order valence-corrected chi connectivity index (χ3v) is 6.07. The molecule has 1 saturated carbocycles. The van der Waals surface area contributed by atoms with Crippen LogP contribution in [0.5, 0.6) is 5.75 Å². The molecule has 0 heterocycles. The van der Waals surface area contributed by atoms with Crippen molar-refractivity contribution in [3.8, 4) is 5.75 Å². The van der Waals surface area contributed by atoms with Crippen molar-refractivity contribution in [2.24, 2.45) is 0 Å². The first-order valence-corrected chi connectivity index (χ1v) is 10.8. The molecule has 1 fully saturated rings. The smallest absolute Gasteiger partial charge is 0.235 e. The molecule has 1 N–H and O–H groups in total. The molecule has 0 aliphatic heterocycles. The van der Waals surface area contributed by atoms with Gasteiger partial charge in [0.05, 0.1) is 5.41 Å². The number of amides is 1. The van der Waals surface area contributed by atoms with Crippen LogP contribution in [0.1, 0.15) is 48.8 Å². The largest absolute Gasteiger partial charge is 0.489 e. The zero-order valence-corrected chi connectivity index (χ0v) is 17.6. The molecule has 3 nitrogen and oxygen atoms in total. The molecular weight excluding hydrogens is 370 g/mol. The van der Waals surface area contributed by atoms with E-state index < -0.39 is 5.41 Å². The summed E-state index contributed by atoms with van der Waals surface area (Å²) < 4.78 is 5.86. The highest BCUT2D eigenvalue weighted by Gasteiger charge is 2.41. The van der Waals surface area contributed by atoms with Gasteiger partial charge in [-0.25, -0.2) is 0 Å². The fourth-order valence-electron chi connectivity index (χ4n) is 4.37. The summed E-state index contributed by atoms with van der Waals surface area (Å²) in [6.45, 7) is 2.62. The minimum absolute atomic E-state index is 0.103. The van der Waals surface area contributed by atoms with E-state index in [0.29, 0.717) is 6.61 Å².